The highest BCUT2D eigenvalue weighted by Gasteiger charge is 2.47. The van der Waals surface area contributed by atoms with Gasteiger partial charge in [0.25, 0.3) is 0 Å². The molecule has 5 unspecified atom stereocenters. The molecule has 3 rings (SSSR count). The van der Waals surface area contributed by atoms with Crippen LogP contribution in [-0.4, -0.2) is 30.6 Å². The van der Waals surface area contributed by atoms with Crippen molar-refractivity contribution in [3.63, 3.8) is 0 Å². The lowest BCUT2D eigenvalue weighted by Gasteiger charge is -2.52. The molecule has 0 amide bonds. The highest BCUT2D eigenvalue weighted by Crippen LogP contribution is 2.50. The molecule has 3 aliphatic rings. The third-order valence-corrected chi connectivity index (χ3v) is 7.02. The van der Waals surface area contributed by atoms with Crippen molar-refractivity contribution in [3.05, 3.63) is 0 Å². The van der Waals surface area contributed by atoms with Crippen LogP contribution in [0.2, 0.25) is 0 Å². The molecule has 3 aliphatic carbocycles. The van der Waals surface area contributed by atoms with Crippen LogP contribution >= 0.6 is 0 Å². The van der Waals surface area contributed by atoms with Gasteiger partial charge in [0.1, 0.15) is 0 Å². The quantitative estimate of drug-likeness (QED) is 0.851. The van der Waals surface area contributed by atoms with Gasteiger partial charge >= 0.3 is 0 Å². The maximum Gasteiger partial charge on any atom is 0.0336 e. The van der Waals surface area contributed by atoms with Gasteiger partial charge in [0.2, 0.25) is 0 Å². The van der Waals surface area contributed by atoms with Gasteiger partial charge in [0.15, 0.2) is 0 Å². The van der Waals surface area contributed by atoms with Gasteiger partial charge in [0.05, 0.1) is 0 Å². The van der Waals surface area contributed by atoms with Crippen LogP contribution in [0.15, 0.2) is 0 Å². The van der Waals surface area contributed by atoms with E-state index in [0.717, 1.165) is 30.2 Å². The van der Waals surface area contributed by atoms with Gasteiger partial charge < -0.3 is 5.73 Å². The fourth-order valence-electron chi connectivity index (χ4n) is 6.45. The average molecular weight is 293 g/mol. The summed E-state index contributed by atoms with van der Waals surface area (Å²) in [6.45, 7) is 9.44. The molecule has 2 bridgehead atoms. The SMILES string of the molecule is CC1CC(C)(C)CC(CN)(N(C)CC2CC3CCC2C3)C1. The number of nitrogens with zero attached hydrogens (tertiary/aromatic N) is 1. The van der Waals surface area contributed by atoms with E-state index in [9.17, 15) is 0 Å². The second-order valence-corrected chi connectivity index (χ2v) is 9.60. The number of likely N-dealkylation sites (N-methyl/N-ethyl adjacent to an activating group) is 1. The van der Waals surface area contributed by atoms with Gasteiger partial charge in [-0.15, -0.1) is 0 Å². The van der Waals surface area contributed by atoms with E-state index in [0.29, 0.717) is 5.41 Å². The smallest absolute Gasteiger partial charge is 0.0336 e. The summed E-state index contributed by atoms with van der Waals surface area (Å²) in [6.07, 6.45) is 9.96. The lowest BCUT2D eigenvalue weighted by atomic mass is 9.63. The molecule has 2 heteroatoms. The zero-order valence-electron chi connectivity index (χ0n) is 14.7. The fraction of sp³-hybridized carbons (Fsp3) is 1.00. The Morgan fingerprint density at radius 1 is 1.14 bits per heavy atom. The summed E-state index contributed by atoms with van der Waals surface area (Å²) in [7, 11) is 2.37. The van der Waals surface area contributed by atoms with Gasteiger partial charge in [-0.1, -0.05) is 27.2 Å². The Labute approximate surface area is 131 Å². The summed E-state index contributed by atoms with van der Waals surface area (Å²) >= 11 is 0. The Hall–Kier alpha value is -0.0800. The summed E-state index contributed by atoms with van der Waals surface area (Å²) in [6, 6.07) is 0. The molecule has 0 aromatic rings. The third-order valence-electron chi connectivity index (χ3n) is 7.02. The number of rotatable bonds is 4. The number of hydrogen-bond acceptors (Lipinski definition) is 2. The molecule has 0 radical (unpaired) electrons. The molecule has 2 N–H and O–H groups in total. The molecule has 0 spiro atoms. The van der Waals surface area contributed by atoms with Crippen LogP contribution < -0.4 is 5.73 Å². The molecule has 5 atom stereocenters. The van der Waals surface area contributed by atoms with E-state index in [2.05, 4.69) is 32.7 Å². The molecule has 2 nitrogen and oxygen atoms in total. The van der Waals surface area contributed by atoms with Crippen molar-refractivity contribution >= 4 is 0 Å². The van der Waals surface area contributed by atoms with Crippen molar-refractivity contribution < 1.29 is 0 Å². The summed E-state index contributed by atoms with van der Waals surface area (Å²) < 4.78 is 0. The van der Waals surface area contributed by atoms with Crippen molar-refractivity contribution in [2.24, 2.45) is 34.8 Å². The molecule has 0 aliphatic heterocycles. The van der Waals surface area contributed by atoms with Crippen molar-refractivity contribution in [3.8, 4) is 0 Å². The van der Waals surface area contributed by atoms with E-state index in [1.807, 2.05) is 0 Å². The molecule has 0 saturated heterocycles. The van der Waals surface area contributed by atoms with Crippen molar-refractivity contribution in [2.75, 3.05) is 20.1 Å². The van der Waals surface area contributed by atoms with Crippen LogP contribution in [-0.2, 0) is 0 Å². The van der Waals surface area contributed by atoms with Crippen LogP contribution in [0, 0.1) is 29.1 Å². The van der Waals surface area contributed by atoms with E-state index in [4.69, 9.17) is 5.73 Å². The van der Waals surface area contributed by atoms with Crippen molar-refractivity contribution in [1.82, 2.24) is 4.90 Å². The first-order valence-corrected chi connectivity index (χ1v) is 9.25. The van der Waals surface area contributed by atoms with Gasteiger partial charge in [-0.2, -0.15) is 0 Å². The molecule has 0 heterocycles. The predicted molar refractivity (Wildman–Crippen MR) is 90.1 cm³/mol. The predicted octanol–water partition coefficient (Wildman–Crippen LogP) is 3.90. The summed E-state index contributed by atoms with van der Waals surface area (Å²) in [5.74, 6) is 3.85. The summed E-state index contributed by atoms with van der Waals surface area (Å²) in [4.78, 5) is 2.69. The summed E-state index contributed by atoms with van der Waals surface area (Å²) in [5, 5.41) is 0. The maximum atomic E-state index is 6.33. The molecule has 0 aromatic heterocycles. The Morgan fingerprint density at radius 2 is 1.90 bits per heavy atom. The van der Waals surface area contributed by atoms with E-state index in [1.54, 1.807) is 0 Å². The van der Waals surface area contributed by atoms with E-state index < -0.39 is 0 Å². The van der Waals surface area contributed by atoms with Crippen LogP contribution in [0.5, 0.6) is 0 Å². The first kappa shape index (κ1) is 15.8. The second kappa shape index (κ2) is 5.53. The van der Waals surface area contributed by atoms with Crippen molar-refractivity contribution in [2.45, 2.75) is 71.3 Å². The topological polar surface area (TPSA) is 29.3 Å². The zero-order valence-corrected chi connectivity index (χ0v) is 14.7. The lowest BCUT2D eigenvalue weighted by molar-refractivity contribution is -0.00839. The zero-order chi connectivity index (χ0) is 15.3. The Morgan fingerprint density at radius 3 is 2.43 bits per heavy atom. The largest absolute Gasteiger partial charge is 0.329 e. The van der Waals surface area contributed by atoms with E-state index in [1.165, 1.54) is 51.5 Å². The van der Waals surface area contributed by atoms with Gasteiger partial charge in [-0.25, -0.2) is 0 Å². The minimum atomic E-state index is 0.253. The highest BCUT2D eigenvalue weighted by atomic mass is 15.2. The molecule has 3 fully saturated rings. The molecular formula is C19H36N2. The lowest BCUT2D eigenvalue weighted by Crippen LogP contribution is -2.58. The third kappa shape index (κ3) is 3.03. The average Bonchev–Trinajstić information content (AvgIpc) is 2.98. The van der Waals surface area contributed by atoms with E-state index in [-0.39, 0.29) is 5.54 Å². The van der Waals surface area contributed by atoms with Crippen LogP contribution in [0.25, 0.3) is 0 Å². The van der Waals surface area contributed by atoms with Crippen LogP contribution in [0.3, 0.4) is 0 Å². The van der Waals surface area contributed by atoms with Crippen LogP contribution in [0.1, 0.15) is 65.7 Å². The molecule has 3 saturated carbocycles. The molecule has 21 heavy (non-hydrogen) atoms. The highest BCUT2D eigenvalue weighted by molar-refractivity contribution is 5.02. The molecule has 122 valence electrons. The Balaban J connectivity index is 1.69. The Kier molecular flexibility index (Phi) is 4.16. The van der Waals surface area contributed by atoms with Crippen molar-refractivity contribution in [1.29, 1.82) is 0 Å². The van der Waals surface area contributed by atoms with Crippen LogP contribution in [0.4, 0.5) is 0 Å². The Bertz CT molecular complexity index is 378. The molecule has 0 aromatic carbocycles. The monoisotopic (exact) mass is 292 g/mol. The number of nitrogens with two attached hydrogens (primary N) is 1. The molecular weight excluding hydrogens is 256 g/mol. The van der Waals surface area contributed by atoms with Gasteiger partial charge in [-0.3, -0.25) is 4.90 Å². The summed E-state index contributed by atoms with van der Waals surface area (Å²) in [5.41, 5.74) is 7.03. The second-order valence-electron chi connectivity index (χ2n) is 9.60. The standard InChI is InChI=1S/C19H36N2/c1-14-9-18(2,3)12-19(10-14,13-20)21(4)11-17-8-15-5-6-16(17)7-15/h14-17H,5-13,20H2,1-4H3. The van der Waals surface area contributed by atoms with Gasteiger partial charge in [-0.05, 0) is 74.7 Å². The minimum Gasteiger partial charge on any atom is -0.329 e. The maximum absolute atomic E-state index is 6.33. The fourth-order valence-corrected chi connectivity index (χ4v) is 6.45. The number of fused-ring (bicyclic) bond motifs is 2. The van der Waals surface area contributed by atoms with Gasteiger partial charge in [0, 0.05) is 18.6 Å². The normalized spacial score (nSPS) is 45.4. The first-order valence-electron chi connectivity index (χ1n) is 9.25. The minimum absolute atomic E-state index is 0.253. The number of hydrogen-bond donors (Lipinski definition) is 1. The van der Waals surface area contributed by atoms with E-state index >= 15 is 0 Å². The first-order chi connectivity index (χ1) is 9.83.